The van der Waals surface area contributed by atoms with E-state index in [1.807, 2.05) is 30.3 Å². The van der Waals surface area contributed by atoms with E-state index in [0.717, 1.165) is 0 Å². The van der Waals surface area contributed by atoms with E-state index in [0.29, 0.717) is 23.7 Å². The van der Waals surface area contributed by atoms with Gasteiger partial charge in [-0.1, -0.05) is 24.3 Å². The largest absolute Gasteiger partial charge is 0.486 e. The van der Waals surface area contributed by atoms with E-state index >= 15 is 0 Å². The fourth-order valence-electron chi connectivity index (χ4n) is 3.11. The number of rotatable bonds is 9. The minimum absolute atomic E-state index is 0.0240. The first-order valence-electron chi connectivity index (χ1n) is 10.8. The van der Waals surface area contributed by atoms with Crippen molar-refractivity contribution in [2.75, 3.05) is 5.32 Å². The number of nitrogens with zero attached hydrogens (tertiary/aromatic N) is 2. The number of nitrogens with one attached hydrogen (secondary N) is 3. The van der Waals surface area contributed by atoms with E-state index in [4.69, 9.17) is 9.15 Å². The van der Waals surface area contributed by atoms with Gasteiger partial charge in [0.2, 0.25) is 5.91 Å². The molecule has 0 aliphatic carbocycles. The molecule has 0 fully saturated rings. The van der Waals surface area contributed by atoms with Crippen molar-refractivity contribution in [1.29, 1.82) is 0 Å². The summed E-state index contributed by atoms with van der Waals surface area (Å²) in [7, 11) is 0. The summed E-state index contributed by atoms with van der Waals surface area (Å²) in [5.74, 6) is -0.203. The van der Waals surface area contributed by atoms with Crippen LogP contribution in [0.5, 0.6) is 5.75 Å². The molecule has 2 aromatic carbocycles. The van der Waals surface area contributed by atoms with Crippen LogP contribution in [0.1, 0.15) is 33.1 Å². The number of ether oxygens (including phenoxy) is 1. The van der Waals surface area contributed by atoms with Gasteiger partial charge in [-0.15, -0.1) is 0 Å². The lowest BCUT2D eigenvalue weighted by molar-refractivity contribution is -0.116. The highest BCUT2D eigenvalue weighted by Gasteiger charge is 2.14. The Morgan fingerprint density at radius 1 is 0.943 bits per heavy atom. The van der Waals surface area contributed by atoms with E-state index < -0.39 is 11.8 Å². The van der Waals surface area contributed by atoms with Crippen molar-refractivity contribution in [3.05, 3.63) is 103 Å². The molecule has 35 heavy (non-hydrogen) atoms. The molecule has 0 spiro atoms. The van der Waals surface area contributed by atoms with Gasteiger partial charge in [-0.3, -0.25) is 25.2 Å². The molecule has 0 radical (unpaired) electrons. The highest BCUT2D eigenvalue weighted by atomic mass is 16.5. The zero-order valence-electron chi connectivity index (χ0n) is 18.6. The van der Waals surface area contributed by atoms with Crippen LogP contribution in [0.15, 0.2) is 89.9 Å². The monoisotopic (exact) mass is 473 g/mol. The van der Waals surface area contributed by atoms with E-state index in [-0.39, 0.29) is 30.3 Å². The third-order valence-electron chi connectivity index (χ3n) is 4.86. The summed E-state index contributed by atoms with van der Waals surface area (Å²) >= 11 is 0. The van der Waals surface area contributed by atoms with Crippen molar-refractivity contribution in [3.8, 4) is 5.75 Å². The highest BCUT2D eigenvalue weighted by molar-refractivity contribution is 5.99. The van der Waals surface area contributed by atoms with Gasteiger partial charge in [0, 0.05) is 36.6 Å². The summed E-state index contributed by atoms with van der Waals surface area (Å²) < 4.78 is 12.9. The molecule has 4 rings (SSSR count). The Kier molecular flexibility index (Phi) is 7.54. The van der Waals surface area contributed by atoms with Gasteiger partial charge in [0.05, 0.1) is 6.33 Å². The molecule has 10 heteroatoms. The molecule has 0 aliphatic rings. The summed E-state index contributed by atoms with van der Waals surface area (Å²) in [5.41, 5.74) is 5.37. The Balaban J connectivity index is 1.24. The maximum absolute atomic E-state index is 12.5. The molecular formula is C25H23N5O5. The van der Waals surface area contributed by atoms with Gasteiger partial charge in [0.15, 0.2) is 5.76 Å². The van der Waals surface area contributed by atoms with Gasteiger partial charge in [-0.2, -0.15) is 0 Å². The summed E-state index contributed by atoms with van der Waals surface area (Å²) in [6.07, 6.45) is 5.30. The topological polar surface area (TPSA) is 127 Å². The van der Waals surface area contributed by atoms with Crippen molar-refractivity contribution < 1.29 is 23.5 Å². The van der Waals surface area contributed by atoms with Gasteiger partial charge in [-0.25, -0.2) is 4.98 Å². The minimum atomic E-state index is -0.617. The highest BCUT2D eigenvalue weighted by Crippen LogP contribution is 2.14. The number of amides is 3. The van der Waals surface area contributed by atoms with Crippen LogP contribution in [0.3, 0.4) is 0 Å². The van der Waals surface area contributed by atoms with Crippen LogP contribution in [-0.2, 0) is 17.9 Å². The number of furan rings is 1. The molecular weight excluding hydrogens is 450 g/mol. The molecule has 0 atom stereocenters. The van der Waals surface area contributed by atoms with Crippen LogP contribution in [0, 0.1) is 0 Å². The standard InChI is InChI=1S/C25H23N5O5/c31-23(11-13-30-14-12-26-17-30)27-19-6-4-5-18(15-19)24(32)28-29-25(33)22-10-9-21(35-22)16-34-20-7-2-1-3-8-20/h1-10,12,14-15,17H,11,13,16H2,(H,27,31)(H,28,32)(H,29,33). The SMILES string of the molecule is O=C(CCn1ccnc1)Nc1cccc(C(=O)NNC(=O)c2ccc(COc3ccccc3)o2)c1. The Morgan fingerprint density at radius 3 is 2.57 bits per heavy atom. The first-order valence-corrected chi connectivity index (χ1v) is 10.8. The predicted molar refractivity (Wildman–Crippen MR) is 126 cm³/mol. The van der Waals surface area contributed by atoms with Crippen molar-refractivity contribution in [1.82, 2.24) is 20.4 Å². The van der Waals surface area contributed by atoms with Crippen LogP contribution in [0.25, 0.3) is 0 Å². The zero-order chi connectivity index (χ0) is 24.5. The fraction of sp³-hybridized carbons (Fsp3) is 0.120. The number of carbonyl (C=O) groups is 3. The van der Waals surface area contributed by atoms with E-state index in [2.05, 4.69) is 21.2 Å². The second-order valence-electron chi connectivity index (χ2n) is 7.46. The maximum Gasteiger partial charge on any atom is 0.305 e. The third kappa shape index (κ3) is 6.81. The summed E-state index contributed by atoms with van der Waals surface area (Å²) in [6.45, 7) is 0.648. The van der Waals surface area contributed by atoms with Crippen LogP contribution < -0.4 is 20.9 Å². The summed E-state index contributed by atoms with van der Waals surface area (Å²) in [6, 6.07) is 18.7. The first-order chi connectivity index (χ1) is 17.1. The molecule has 2 aromatic heterocycles. The number of aryl methyl sites for hydroxylation is 1. The summed E-state index contributed by atoms with van der Waals surface area (Å²) in [4.78, 5) is 40.9. The third-order valence-corrected chi connectivity index (χ3v) is 4.86. The lowest BCUT2D eigenvalue weighted by Crippen LogP contribution is -2.41. The molecule has 0 saturated heterocycles. The lowest BCUT2D eigenvalue weighted by atomic mass is 10.2. The van der Waals surface area contributed by atoms with Gasteiger partial charge in [-0.05, 0) is 42.5 Å². The lowest BCUT2D eigenvalue weighted by Gasteiger charge is -2.09. The van der Waals surface area contributed by atoms with Crippen LogP contribution in [-0.4, -0.2) is 27.3 Å². The molecule has 178 valence electrons. The van der Waals surface area contributed by atoms with Crippen LogP contribution in [0.4, 0.5) is 5.69 Å². The van der Waals surface area contributed by atoms with Crippen molar-refractivity contribution in [3.63, 3.8) is 0 Å². The molecule has 3 N–H and O–H groups in total. The molecule has 3 amide bonds. The van der Waals surface area contributed by atoms with E-state index in [1.165, 1.54) is 12.1 Å². The molecule has 0 saturated carbocycles. The maximum atomic E-state index is 12.5. The number of para-hydroxylation sites is 1. The molecule has 0 bridgehead atoms. The number of hydrogen-bond donors (Lipinski definition) is 3. The Hall–Kier alpha value is -4.86. The fourth-order valence-corrected chi connectivity index (χ4v) is 3.11. The number of benzene rings is 2. The minimum Gasteiger partial charge on any atom is -0.486 e. The summed E-state index contributed by atoms with van der Waals surface area (Å²) in [5, 5.41) is 2.75. The van der Waals surface area contributed by atoms with Crippen molar-refractivity contribution in [2.45, 2.75) is 19.6 Å². The van der Waals surface area contributed by atoms with Crippen LogP contribution in [0.2, 0.25) is 0 Å². The Labute approximate surface area is 200 Å². The Morgan fingerprint density at radius 2 is 1.77 bits per heavy atom. The molecule has 0 unspecified atom stereocenters. The number of carbonyl (C=O) groups excluding carboxylic acids is 3. The molecule has 0 aliphatic heterocycles. The van der Waals surface area contributed by atoms with Gasteiger partial charge in [0.25, 0.3) is 5.91 Å². The number of hydrazine groups is 1. The van der Waals surface area contributed by atoms with Crippen molar-refractivity contribution in [2.24, 2.45) is 0 Å². The van der Waals surface area contributed by atoms with Crippen LogP contribution >= 0.6 is 0 Å². The zero-order valence-corrected chi connectivity index (χ0v) is 18.6. The van der Waals surface area contributed by atoms with Crippen molar-refractivity contribution >= 4 is 23.4 Å². The number of imidazole rings is 1. The Bertz CT molecular complexity index is 1280. The van der Waals surface area contributed by atoms with E-state index in [1.54, 1.807) is 47.6 Å². The average Bonchev–Trinajstić information content (AvgIpc) is 3.58. The normalized spacial score (nSPS) is 10.4. The van der Waals surface area contributed by atoms with Gasteiger partial charge in [0.1, 0.15) is 18.1 Å². The molecule has 4 aromatic rings. The smallest absolute Gasteiger partial charge is 0.305 e. The molecule has 2 heterocycles. The van der Waals surface area contributed by atoms with E-state index in [9.17, 15) is 14.4 Å². The average molecular weight is 473 g/mol. The molecule has 10 nitrogen and oxygen atoms in total. The number of aromatic nitrogens is 2. The second-order valence-corrected chi connectivity index (χ2v) is 7.46. The number of hydrogen-bond acceptors (Lipinski definition) is 6. The van der Waals surface area contributed by atoms with Gasteiger partial charge >= 0.3 is 5.91 Å². The quantitative estimate of drug-likeness (QED) is 0.321. The predicted octanol–water partition coefficient (Wildman–Crippen LogP) is 3.16. The number of anilines is 1. The first kappa shape index (κ1) is 23.3. The second kappa shape index (κ2) is 11.3. The van der Waals surface area contributed by atoms with Gasteiger partial charge < -0.3 is 19.0 Å².